The Morgan fingerprint density at radius 1 is 0.348 bits per heavy atom. The molecule has 384 valence electrons. The first-order chi connectivity index (χ1) is 33.4. The van der Waals surface area contributed by atoms with E-state index in [0.717, 1.165) is 72.8 Å². The lowest BCUT2D eigenvalue weighted by molar-refractivity contribution is 0.466. The maximum Gasteiger partial charge on any atom is 0.159 e. The van der Waals surface area contributed by atoms with Crippen LogP contribution in [0.4, 0.5) is 0 Å². The molecule has 2 aromatic heterocycles. The van der Waals surface area contributed by atoms with Crippen molar-refractivity contribution in [3.63, 3.8) is 0 Å². The fourth-order valence-electron chi connectivity index (χ4n) is 9.69. The quantitative estimate of drug-likeness (QED) is 0.0328. The van der Waals surface area contributed by atoms with E-state index in [0.29, 0.717) is 0 Å². The summed E-state index contributed by atoms with van der Waals surface area (Å²) in [7, 11) is -2.03. The van der Waals surface area contributed by atoms with Crippen LogP contribution in [0.3, 0.4) is 0 Å². The van der Waals surface area contributed by atoms with Crippen LogP contribution in [0.1, 0.15) is 216 Å². The molecule has 0 spiro atoms. The summed E-state index contributed by atoms with van der Waals surface area (Å²) in [6.07, 6.45) is 49.5. The number of hydrogen-bond donors (Lipinski definition) is 0. The normalized spacial score (nSPS) is 12.0. The summed E-state index contributed by atoms with van der Waals surface area (Å²) in [5, 5.41) is 0. The molecule has 0 aliphatic heterocycles. The molecule has 0 N–H and O–H groups in total. The number of rotatable bonds is 40. The van der Waals surface area contributed by atoms with Crippen molar-refractivity contribution in [2.75, 3.05) is 0 Å². The molecule has 0 aliphatic carbocycles. The summed E-state index contributed by atoms with van der Waals surface area (Å²) < 4.78 is 7.04. The monoisotopic (exact) mass is 975 g/mol. The first kappa shape index (κ1) is 58.4. The SMILES string of the molecule is CCCCCCCCCCCCc1cnc(-c2ccc(Oc3ccc(-c4ncc(CCCCCCCCCCCC)cn4)cc3CCCCCC[Si](C)(C)C)c(CCCCCC[Si](C)(C)C)c2)nc1. The van der Waals surface area contributed by atoms with Gasteiger partial charge in [-0.3, -0.25) is 0 Å². The van der Waals surface area contributed by atoms with Crippen LogP contribution in [-0.2, 0) is 25.7 Å². The third-order valence-electron chi connectivity index (χ3n) is 14.2. The molecule has 0 saturated carbocycles. The van der Waals surface area contributed by atoms with E-state index >= 15 is 0 Å². The summed E-state index contributed by atoms with van der Waals surface area (Å²) in [4.78, 5) is 19.7. The Kier molecular flexibility index (Phi) is 29.0. The van der Waals surface area contributed by atoms with Crippen LogP contribution in [0.2, 0.25) is 51.4 Å². The maximum absolute atomic E-state index is 7.04. The second kappa shape index (κ2) is 34.2. The van der Waals surface area contributed by atoms with Gasteiger partial charge < -0.3 is 4.74 Å². The van der Waals surface area contributed by atoms with E-state index in [9.17, 15) is 0 Å². The number of nitrogens with zero attached hydrogens (tertiary/aromatic N) is 4. The summed E-state index contributed by atoms with van der Waals surface area (Å²) >= 11 is 0. The number of aryl methyl sites for hydroxylation is 4. The molecule has 0 unspecified atom stereocenters. The zero-order valence-corrected chi connectivity index (χ0v) is 48.0. The molecule has 69 heavy (non-hydrogen) atoms. The summed E-state index contributed by atoms with van der Waals surface area (Å²) in [6, 6.07) is 16.1. The Balaban J connectivity index is 1.44. The molecule has 0 atom stereocenters. The van der Waals surface area contributed by atoms with Crippen molar-refractivity contribution < 1.29 is 4.74 Å². The van der Waals surface area contributed by atoms with Crippen LogP contribution >= 0.6 is 0 Å². The minimum atomic E-state index is -1.02. The standard InChI is InChI=1S/C62H102N4OSi2/c1-9-11-13-15-17-19-21-23-25-31-37-53-49-63-61(64-50-53)57-41-43-59(55(47-57)39-33-27-29-35-45-68(3,4)5)67-60-44-42-58(48-56(60)40-34-28-30-36-46-69(6,7)8)62-65-51-54(52-66-62)38-32-26-24-22-20-18-16-14-12-10-2/h41-44,47-52H,9-40,45-46H2,1-8H3. The Morgan fingerprint density at radius 3 is 0.957 bits per heavy atom. The number of aromatic nitrogens is 4. The Hall–Kier alpha value is -3.17. The number of benzene rings is 2. The highest BCUT2D eigenvalue weighted by atomic mass is 28.3. The molecule has 0 radical (unpaired) electrons. The van der Waals surface area contributed by atoms with Crippen molar-refractivity contribution >= 4 is 16.1 Å². The fraction of sp³-hybridized carbons (Fsp3) is 0.677. The zero-order chi connectivity index (χ0) is 49.4. The predicted octanol–water partition coefficient (Wildman–Crippen LogP) is 20.2. The van der Waals surface area contributed by atoms with Gasteiger partial charge in [-0.15, -0.1) is 0 Å². The predicted molar refractivity (Wildman–Crippen MR) is 307 cm³/mol. The molecular weight excluding hydrogens is 873 g/mol. The van der Waals surface area contributed by atoms with Gasteiger partial charge in [-0.2, -0.15) is 0 Å². The van der Waals surface area contributed by atoms with E-state index in [1.54, 1.807) is 0 Å². The first-order valence-electron chi connectivity index (χ1n) is 29.0. The maximum atomic E-state index is 7.04. The zero-order valence-electron chi connectivity index (χ0n) is 46.0. The van der Waals surface area contributed by atoms with Crippen LogP contribution in [0, 0.1) is 0 Å². The minimum Gasteiger partial charge on any atom is -0.457 e. The van der Waals surface area contributed by atoms with Gasteiger partial charge >= 0.3 is 0 Å². The highest BCUT2D eigenvalue weighted by molar-refractivity contribution is 6.76. The Labute approximate surface area is 427 Å². The topological polar surface area (TPSA) is 60.8 Å². The van der Waals surface area contributed by atoms with Gasteiger partial charge in [0.25, 0.3) is 0 Å². The smallest absolute Gasteiger partial charge is 0.159 e. The van der Waals surface area contributed by atoms with Gasteiger partial charge in [-0.25, -0.2) is 19.9 Å². The second-order valence-electron chi connectivity index (χ2n) is 23.4. The Morgan fingerprint density at radius 2 is 0.638 bits per heavy atom. The lowest BCUT2D eigenvalue weighted by Crippen LogP contribution is -2.18. The van der Waals surface area contributed by atoms with Gasteiger partial charge in [-0.05, 0) is 110 Å². The molecule has 0 amide bonds. The molecule has 0 aliphatic rings. The minimum absolute atomic E-state index is 0.804. The van der Waals surface area contributed by atoms with E-state index in [2.05, 4.69) is 114 Å². The van der Waals surface area contributed by atoms with Gasteiger partial charge in [0.05, 0.1) is 0 Å². The molecule has 4 aromatic rings. The third-order valence-corrected chi connectivity index (χ3v) is 17.9. The van der Waals surface area contributed by atoms with Crippen molar-refractivity contribution in [2.24, 2.45) is 0 Å². The number of hydrogen-bond acceptors (Lipinski definition) is 5. The van der Waals surface area contributed by atoms with Crippen molar-refractivity contribution in [3.05, 3.63) is 83.4 Å². The van der Waals surface area contributed by atoms with Crippen molar-refractivity contribution in [1.82, 2.24) is 19.9 Å². The van der Waals surface area contributed by atoms with Crippen LogP contribution < -0.4 is 4.74 Å². The van der Waals surface area contributed by atoms with Gasteiger partial charge in [-0.1, -0.05) is 219 Å². The summed E-state index contributed by atoms with van der Waals surface area (Å²) in [6.45, 7) is 19.5. The average Bonchev–Trinajstić information content (AvgIpc) is 3.33. The van der Waals surface area contributed by atoms with E-state index in [1.165, 1.54) is 201 Å². The fourth-order valence-corrected chi connectivity index (χ4v) is 12.3. The van der Waals surface area contributed by atoms with Crippen molar-refractivity contribution in [2.45, 2.75) is 271 Å². The molecule has 2 aromatic carbocycles. The van der Waals surface area contributed by atoms with Gasteiger partial charge in [0.15, 0.2) is 11.6 Å². The number of unbranched alkanes of at least 4 members (excludes halogenated alkanes) is 24. The first-order valence-corrected chi connectivity index (χ1v) is 36.4. The second-order valence-corrected chi connectivity index (χ2v) is 34.6. The van der Waals surface area contributed by atoms with Crippen LogP contribution in [0.5, 0.6) is 11.5 Å². The highest BCUT2D eigenvalue weighted by Crippen LogP contribution is 2.35. The van der Waals surface area contributed by atoms with Gasteiger partial charge in [0.1, 0.15) is 11.5 Å². The molecule has 2 heterocycles. The van der Waals surface area contributed by atoms with E-state index < -0.39 is 16.1 Å². The van der Waals surface area contributed by atoms with Gasteiger partial charge in [0.2, 0.25) is 0 Å². The lowest BCUT2D eigenvalue weighted by atomic mass is 10.0. The molecule has 7 heteroatoms. The van der Waals surface area contributed by atoms with Crippen molar-refractivity contribution in [3.8, 4) is 34.3 Å². The summed E-state index contributed by atoms with van der Waals surface area (Å²) in [5.74, 6) is 3.52. The van der Waals surface area contributed by atoms with Crippen LogP contribution in [0.15, 0.2) is 61.2 Å². The number of ether oxygens (including phenoxy) is 1. The highest BCUT2D eigenvalue weighted by Gasteiger charge is 2.16. The van der Waals surface area contributed by atoms with Crippen LogP contribution in [-0.4, -0.2) is 36.1 Å². The molecular formula is C62H102N4OSi2. The molecule has 5 nitrogen and oxygen atoms in total. The summed E-state index contributed by atoms with van der Waals surface area (Å²) in [5.41, 5.74) is 7.13. The van der Waals surface area contributed by atoms with E-state index in [-0.39, 0.29) is 0 Å². The lowest BCUT2D eigenvalue weighted by Gasteiger charge is -2.17. The molecule has 0 saturated heterocycles. The van der Waals surface area contributed by atoms with E-state index in [4.69, 9.17) is 24.7 Å². The largest absolute Gasteiger partial charge is 0.457 e. The third kappa shape index (κ3) is 26.2. The average molecular weight is 976 g/mol. The van der Waals surface area contributed by atoms with E-state index in [1.807, 2.05) is 0 Å². The molecule has 0 fully saturated rings. The molecule has 0 bridgehead atoms. The van der Waals surface area contributed by atoms with Gasteiger partial charge in [0, 0.05) is 52.1 Å². The molecule has 4 rings (SSSR count). The Bertz CT molecular complexity index is 1780. The van der Waals surface area contributed by atoms with Crippen LogP contribution in [0.25, 0.3) is 22.8 Å². The van der Waals surface area contributed by atoms with Crippen molar-refractivity contribution in [1.29, 1.82) is 0 Å².